The van der Waals surface area contributed by atoms with Crippen LogP contribution in [0, 0.1) is 0 Å². The van der Waals surface area contributed by atoms with Crippen molar-refractivity contribution in [2.45, 2.75) is 19.8 Å². The van der Waals surface area contributed by atoms with E-state index in [2.05, 4.69) is 10.4 Å². The van der Waals surface area contributed by atoms with Crippen LogP contribution in [0.3, 0.4) is 0 Å². The summed E-state index contributed by atoms with van der Waals surface area (Å²) in [5.74, 6) is -0.839. The average Bonchev–Trinajstić information content (AvgIpc) is 3.32. The number of ether oxygens (including phenoxy) is 3. The summed E-state index contributed by atoms with van der Waals surface area (Å²) >= 11 is 0. The molecule has 34 heavy (non-hydrogen) atoms. The number of carbonyl (C=O) groups excluding carboxylic acids is 3. The first-order valence-electron chi connectivity index (χ1n) is 10.9. The highest BCUT2D eigenvalue weighted by atomic mass is 16.5. The van der Waals surface area contributed by atoms with Gasteiger partial charge in [-0.15, -0.1) is 0 Å². The number of para-hydroxylation sites is 1. The zero-order valence-corrected chi connectivity index (χ0v) is 19.2. The number of amides is 1. The van der Waals surface area contributed by atoms with E-state index in [-0.39, 0.29) is 24.5 Å². The fourth-order valence-electron chi connectivity index (χ4n) is 3.17. The number of esters is 2. The second-order valence-electron chi connectivity index (χ2n) is 7.24. The van der Waals surface area contributed by atoms with E-state index in [9.17, 15) is 14.4 Å². The number of hydrogen-bond acceptors (Lipinski definition) is 7. The number of aromatic nitrogens is 2. The predicted molar refractivity (Wildman–Crippen MR) is 125 cm³/mol. The maximum absolute atomic E-state index is 12.9. The molecule has 1 aromatic heterocycles. The molecule has 0 aliphatic rings. The van der Waals surface area contributed by atoms with Crippen LogP contribution in [-0.2, 0) is 19.1 Å². The smallest absolute Gasteiger partial charge is 0.342 e. The van der Waals surface area contributed by atoms with E-state index in [4.69, 9.17) is 14.2 Å². The molecule has 0 saturated heterocycles. The van der Waals surface area contributed by atoms with Crippen LogP contribution in [0.2, 0.25) is 0 Å². The molecule has 9 heteroatoms. The van der Waals surface area contributed by atoms with Gasteiger partial charge in [0.25, 0.3) is 5.91 Å². The van der Waals surface area contributed by atoms with E-state index in [0.717, 1.165) is 5.69 Å². The van der Waals surface area contributed by atoms with Gasteiger partial charge < -0.3 is 19.5 Å². The average molecular weight is 466 g/mol. The van der Waals surface area contributed by atoms with E-state index in [0.29, 0.717) is 30.0 Å². The Bertz CT molecular complexity index is 1130. The zero-order valence-electron chi connectivity index (χ0n) is 19.2. The SMILES string of the molecule is CCOC(=O)CCCNC(=O)COC(=O)c1cn(-c2ccccc2)nc1-c1cccc(OC)c1. The van der Waals surface area contributed by atoms with Gasteiger partial charge in [-0.2, -0.15) is 5.10 Å². The fraction of sp³-hybridized carbons (Fsp3) is 0.280. The quantitative estimate of drug-likeness (QED) is 0.342. The van der Waals surface area contributed by atoms with Crippen molar-refractivity contribution in [1.29, 1.82) is 0 Å². The van der Waals surface area contributed by atoms with Crippen molar-refractivity contribution in [3.63, 3.8) is 0 Å². The molecule has 3 rings (SSSR count). The van der Waals surface area contributed by atoms with Crippen LogP contribution < -0.4 is 10.1 Å². The van der Waals surface area contributed by atoms with Gasteiger partial charge in [-0.05, 0) is 37.6 Å². The lowest BCUT2D eigenvalue weighted by Crippen LogP contribution is -2.30. The molecule has 0 unspecified atom stereocenters. The lowest BCUT2D eigenvalue weighted by atomic mass is 10.1. The van der Waals surface area contributed by atoms with Gasteiger partial charge in [0.15, 0.2) is 6.61 Å². The molecule has 1 amide bonds. The molecular weight excluding hydrogens is 438 g/mol. The van der Waals surface area contributed by atoms with Gasteiger partial charge in [-0.1, -0.05) is 30.3 Å². The fourth-order valence-corrected chi connectivity index (χ4v) is 3.17. The number of carbonyl (C=O) groups is 3. The highest BCUT2D eigenvalue weighted by molar-refractivity contribution is 5.97. The molecule has 0 saturated carbocycles. The third kappa shape index (κ3) is 6.68. The van der Waals surface area contributed by atoms with Crippen molar-refractivity contribution < 1.29 is 28.6 Å². The summed E-state index contributed by atoms with van der Waals surface area (Å²) in [5.41, 5.74) is 2.06. The van der Waals surface area contributed by atoms with E-state index >= 15 is 0 Å². The lowest BCUT2D eigenvalue weighted by molar-refractivity contribution is -0.143. The molecule has 0 spiro atoms. The first-order chi connectivity index (χ1) is 16.5. The van der Waals surface area contributed by atoms with Crippen molar-refractivity contribution >= 4 is 17.8 Å². The maximum atomic E-state index is 12.9. The van der Waals surface area contributed by atoms with Gasteiger partial charge >= 0.3 is 11.9 Å². The first-order valence-corrected chi connectivity index (χ1v) is 10.9. The van der Waals surface area contributed by atoms with Crippen molar-refractivity contribution in [1.82, 2.24) is 15.1 Å². The summed E-state index contributed by atoms with van der Waals surface area (Å²) in [6, 6.07) is 16.5. The Kier molecular flexibility index (Phi) is 8.79. The predicted octanol–water partition coefficient (Wildman–Crippen LogP) is 3.16. The third-order valence-electron chi connectivity index (χ3n) is 4.82. The van der Waals surface area contributed by atoms with Crippen molar-refractivity contribution in [2.75, 3.05) is 26.9 Å². The normalized spacial score (nSPS) is 10.4. The number of rotatable bonds is 11. The minimum absolute atomic E-state index is 0.205. The van der Waals surface area contributed by atoms with Crippen LogP contribution in [0.4, 0.5) is 0 Å². The van der Waals surface area contributed by atoms with Crippen LogP contribution in [0.1, 0.15) is 30.1 Å². The summed E-state index contributed by atoms with van der Waals surface area (Å²) in [5, 5.41) is 7.20. The number of methoxy groups -OCH3 is 1. The van der Waals surface area contributed by atoms with Crippen LogP contribution in [-0.4, -0.2) is 54.5 Å². The largest absolute Gasteiger partial charge is 0.497 e. The van der Waals surface area contributed by atoms with Crippen LogP contribution in [0.15, 0.2) is 60.8 Å². The zero-order chi connectivity index (χ0) is 24.3. The van der Waals surface area contributed by atoms with Crippen molar-refractivity contribution in [2.24, 2.45) is 0 Å². The van der Waals surface area contributed by atoms with Gasteiger partial charge in [-0.25, -0.2) is 9.48 Å². The molecule has 0 aliphatic heterocycles. The maximum Gasteiger partial charge on any atom is 0.342 e. The summed E-state index contributed by atoms with van der Waals surface area (Å²) < 4.78 is 17.0. The van der Waals surface area contributed by atoms with Crippen molar-refractivity contribution in [3.8, 4) is 22.7 Å². The number of hydrogen-bond donors (Lipinski definition) is 1. The Labute approximate surface area is 197 Å². The van der Waals surface area contributed by atoms with Gasteiger partial charge in [0.1, 0.15) is 17.0 Å². The van der Waals surface area contributed by atoms with Gasteiger partial charge in [0, 0.05) is 24.7 Å². The summed E-state index contributed by atoms with van der Waals surface area (Å²) in [6.45, 7) is 1.87. The Morgan fingerprint density at radius 2 is 1.82 bits per heavy atom. The van der Waals surface area contributed by atoms with Gasteiger partial charge in [0.05, 0.1) is 19.4 Å². The Balaban J connectivity index is 1.69. The minimum Gasteiger partial charge on any atom is -0.497 e. The molecule has 0 radical (unpaired) electrons. The Hall–Kier alpha value is -4.14. The molecular formula is C25H27N3O6. The van der Waals surface area contributed by atoms with Gasteiger partial charge in [0.2, 0.25) is 0 Å². The second-order valence-corrected chi connectivity index (χ2v) is 7.24. The molecule has 3 aromatic rings. The number of nitrogens with one attached hydrogen (secondary N) is 1. The standard InChI is InChI=1S/C25H27N3O6/c1-3-33-23(30)13-8-14-26-22(29)17-34-25(31)21-16-28(19-10-5-4-6-11-19)27-24(21)18-9-7-12-20(15-18)32-2/h4-7,9-12,15-16H,3,8,13-14,17H2,1-2H3,(H,26,29). The molecule has 0 atom stereocenters. The molecule has 178 valence electrons. The van der Waals surface area contributed by atoms with E-state index in [1.807, 2.05) is 36.4 Å². The summed E-state index contributed by atoms with van der Waals surface area (Å²) in [4.78, 5) is 36.3. The van der Waals surface area contributed by atoms with Crippen molar-refractivity contribution in [3.05, 3.63) is 66.4 Å². The third-order valence-corrected chi connectivity index (χ3v) is 4.82. The lowest BCUT2D eigenvalue weighted by Gasteiger charge is -2.07. The second kappa shape index (κ2) is 12.2. The molecule has 0 aliphatic carbocycles. The summed E-state index contributed by atoms with van der Waals surface area (Å²) in [7, 11) is 1.56. The monoisotopic (exact) mass is 465 g/mol. The molecule has 2 aromatic carbocycles. The Morgan fingerprint density at radius 3 is 2.56 bits per heavy atom. The highest BCUT2D eigenvalue weighted by Gasteiger charge is 2.21. The van der Waals surface area contributed by atoms with E-state index in [1.54, 1.807) is 43.1 Å². The minimum atomic E-state index is -0.679. The molecule has 1 heterocycles. The molecule has 1 N–H and O–H groups in total. The van der Waals surface area contributed by atoms with Crippen LogP contribution in [0.5, 0.6) is 5.75 Å². The van der Waals surface area contributed by atoms with E-state index in [1.165, 1.54) is 0 Å². The van der Waals surface area contributed by atoms with E-state index < -0.39 is 18.5 Å². The summed E-state index contributed by atoms with van der Waals surface area (Å²) in [6.07, 6.45) is 2.21. The number of benzene rings is 2. The highest BCUT2D eigenvalue weighted by Crippen LogP contribution is 2.27. The number of nitrogens with zero attached hydrogens (tertiary/aromatic N) is 2. The van der Waals surface area contributed by atoms with Crippen LogP contribution >= 0.6 is 0 Å². The molecule has 0 fully saturated rings. The Morgan fingerprint density at radius 1 is 1.03 bits per heavy atom. The topological polar surface area (TPSA) is 109 Å². The molecule has 0 bridgehead atoms. The van der Waals surface area contributed by atoms with Gasteiger partial charge in [-0.3, -0.25) is 9.59 Å². The van der Waals surface area contributed by atoms with Crippen LogP contribution in [0.25, 0.3) is 16.9 Å². The molecule has 9 nitrogen and oxygen atoms in total. The first kappa shape index (κ1) is 24.5.